The zero-order valence-corrected chi connectivity index (χ0v) is 18.7. The predicted molar refractivity (Wildman–Crippen MR) is 121 cm³/mol. The summed E-state index contributed by atoms with van der Waals surface area (Å²) in [4.78, 5) is 41.6. The Hall–Kier alpha value is -3.93. The molecule has 1 aromatic heterocycles. The second kappa shape index (κ2) is 9.14. The number of rotatable bonds is 8. The van der Waals surface area contributed by atoms with E-state index >= 15 is 0 Å². The summed E-state index contributed by atoms with van der Waals surface area (Å²) < 4.78 is 22.7. The van der Waals surface area contributed by atoms with Crippen LogP contribution in [0.1, 0.15) is 12.0 Å². The van der Waals surface area contributed by atoms with Gasteiger partial charge >= 0.3 is 0 Å². The van der Waals surface area contributed by atoms with Crippen LogP contribution in [-0.2, 0) is 22.7 Å². The van der Waals surface area contributed by atoms with Crippen LogP contribution in [0, 0.1) is 0 Å². The summed E-state index contributed by atoms with van der Waals surface area (Å²) in [6, 6.07) is 8.64. The smallest absolute Gasteiger partial charge is 0.262 e. The number of primary amides is 1. The quantitative estimate of drug-likeness (QED) is 0.355. The van der Waals surface area contributed by atoms with E-state index in [2.05, 4.69) is 10.3 Å². The molecule has 12 heteroatoms. The van der Waals surface area contributed by atoms with E-state index in [1.54, 1.807) is 18.2 Å². The molecular formula is C22H20N4O7S. The highest BCUT2D eigenvalue weighted by atomic mass is 32.2. The molecule has 2 aliphatic rings. The van der Waals surface area contributed by atoms with Crippen LogP contribution in [0.2, 0.25) is 0 Å². The van der Waals surface area contributed by atoms with E-state index in [9.17, 15) is 14.4 Å². The highest BCUT2D eigenvalue weighted by Crippen LogP contribution is 2.35. The molecule has 0 atom stereocenters. The lowest BCUT2D eigenvalue weighted by molar-refractivity contribution is -0.121. The maximum absolute atomic E-state index is 13.2. The molecule has 3 heterocycles. The topological polar surface area (TPSA) is 144 Å². The summed E-state index contributed by atoms with van der Waals surface area (Å²) in [5, 5.41) is 3.45. The Morgan fingerprint density at radius 2 is 1.74 bits per heavy atom. The third-order valence-electron chi connectivity index (χ3n) is 5.25. The molecule has 0 radical (unpaired) electrons. The molecule has 3 N–H and O–H groups in total. The summed E-state index contributed by atoms with van der Waals surface area (Å²) in [5.74, 6) is 1.40. The Morgan fingerprint density at radius 3 is 2.50 bits per heavy atom. The lowest BCUT2D eigenvalue weighted by Crippen LogP contribution is -2.29. The van der Waals surface area contributed by atoms with Gasteiger partial charge in [-0.2, -0.15) is 0 Å². The number of benzene rings is 2. The molecule has 0 bridgehead atoms. The van der Waals surface area contributed by atoms with Crippen LogP contribution in [0.25, 0.3) is 10.9 Å². The zero-order chi connectivity index (χ0) is 23.7. The molecule has 2 amide bonds. The average molecular weight is 484 g/mol. The van der Waals surface area contributed by atoms with Crippen LogP contribution in [-0.4, -0.2) is 40.7 Å². The number of nitrogens with one attached hydrogen (secondary N) is 1. The van der Waals surface area contributed by atoms with Crippen molar-refractivity contribution < 1.29 is 28.5 Å². The summed E-state index contributed by atoms with van der Waals surface area (Å²) in [6.45, 7) is 0.613. The Balaban J connectivity index is 1.33. The number of nitrogens with two attached hydrogens (primary N) is 1. The van der Waals surface area contributed by atoms with Crippen molar-refractivity contribution in [3.63, 3.8) is 0 Å². The molecule has 0 aliphatic carbocycles. The first-order valence-electron chi connectivity index (χ1n) is 10.4. The number of thioether (sulfide) groups is 1. The van der Waals surface area contributed by atoms with E-state index in [1.165, 1.54) is 4.57 Å². The maximum Gasteiger partial charge on any atom is 0.262 e. The number of hydrogen-bond donors (Lipinski definition) is 2. The summed E-state index contributed by atoms with van der Waals surface area (Å²) in [6.07, 6.45) is 0.0341. The number of fused-ring (bicyclic) bond motifs is 3. The van der Waals surface area contributed by atoms with Gasteiger partial charge in [0, 0.05) is 25.6 Å². The van der Waals surface area contributed by atoms with E-state index in [-0.39, 0.29) is 43.8 Å². The average Bonchev–Trinajstić information content (AvgIpc) is 3.48. The van der Waals surface area contributed by atoms with Crippen LogP contribution in [0.15, 0.2) is 40.3 Å². The van der Waals surface area contributed by atoms with Gasteiger partial charge in [-0.15, -0.1) is 0 Å². The molecule has 2 aromatic carbocycles. The SMILES string of the molecule is NC(=O)CSc1nc2cc3c(cc2c(=O)n1CCC(=O)NCc1ccc2c(c1)OCO2)OCO3. The fourth-order valence-corrected chi connectivity index (χ4v) is 4.35. The monoisotopic (exact) mass is 484 g/mol. The van der Waals surface area contributed by atoms with Gasteiger partial charge in [-0.3, -0.25) is 19.0 Å². The van der Waals surface area contributed by atoms with Crippen LogP contribution < -0.4 is 35.6 Å². The van der Waals surface area contributed by atoms with E-state index < -0.39 is 5.91 Å². The Labute approximate surface area is 197 Å². The van der Waals surface area contributed by atoms with Gasteiger partial charge in [0.05, 0.1) is 16.7 Å². The first-order chi connectivity index (χ1) is 16.5. The fourth-order valence-electron chi connectivity index (χ4n) is 3.59. The predicted octanol–water partition coefficient (Wildman–Crippen LogP) is 1.14. The maximum atomic E-state index is 13.2. The highest BCUT2D eigenvalue weighted by Gasteiger charge is 2.20. The van der Waals surface area contributed by atoms with E-state index in [0.717, 1.165) is 17.3 Å². The number of amides is 2. The Kier molecular flexibility index (Phi) is 5.88. The third kappa shape index (κ3) is 4.44. The molecule has 176 valence electrons. The molecular weight excluding hydrogens is 464 g/mol. The van der Waals surface area contributed by atoms with Gasteiger partial charge in [0.25, 0.3) is 5.56 Å². The number of carbonyl (C=O) groups is 2. The van der Waals surface area contributed by atoms with Crippen molar-refractivity contribution in [1.82, 2.24) is 14.9 Å². The van der Waals surface area contributed by atoms with Crippen LogP contribution in [0.5, 0.6) is 23.0 Å². The van der Waals surface area contributed by atoms with Crippen LogP contribution >= 0.6 is 11.8 Å². The molecule has 34 heavy (non-hydrogen) atoms. The van der Waals surface area contributed by atoms with Crippen molar-refractivity contribution >= 4 is 34.5 Å². The summed E-state index contributed by atoms with van der Waals surface area (Å²) >= 11 is 1.04. The number of carbonyl (C=O) groups excluding carboxylic acids is 2. The molecule has 0 unspecified atom stereocenters. The van der Waals surface area contributed by atoms with Crippen molar-refractivity contribution in [2.75, 3.05) is 19.3 Å². The number of aromatic nitrogens is 2. The Bertz CT molecular complexity index is 1360. The van der Waals surface area contributed by atoms with Crippen molar-refractivity contribution in [2.24, 2.45) is 5.73 Å². The van der Waals surface area contributed by atoms with Crippen molar-refractivity contribution in [3.8, 4) is 23.0 Å². The minimum Gasteiger partial charge on any atom is -0.454 e. The van der Waals surface area contributed by atoms with E-state index in [4.69, 9.17) is 24.7 Å². The van der Waals surface area contributed by atoms with Gasteiger partial charge in [-0.25, -0.2) is 4.98 Å². The zero-order valence-electron chi connectivity index (χ0n) is 17.9. The van der Waals surface area contributed by atoms with E-state index in [1.807, 2.05) is 12.1 Å². The largest absolute Gasteiger partial charge is 0.454 e. The van der Waals surface area contributed by atoms with Gasteiger partial charge in [0.1, 0.15) is 0 Å². The molecule has 11 nitrogen and oxygen atoms in total. The van der Waals surface area contributed by atoms with Crippen molar-refractivity contribution in [3.05, 3.63) is 46.2 Å². The van der Waals surface area contributed by atoms with Crippen molar-refractivity contribution in [2.45, 2.75) is 24.7 Å². The summed E-state index contributed by atoms with van der Waals surface area (Å²) in [7, 11) is 0. The van der Waals surface area contributed by atoms with Crippen LogP contribution in [0.3, 0.4) is 0 Å². The van der Waals surface area contributed by atoms with Gasteiger partial charge < -0.3 is 30.0 Å². The first kappa shape index (κ1) is 21.9. The fraction of sp³-hybridized carbons (Fsp3) is 0.273. The number of ether oxygens (including phenoxy) is 4. The highest BCUT2D eigenvalue weighted by molar-refractivity contribution is 7.99. The molecule has 3 aromatic rings. The first-order valence-corrected chi connectivity index (χ1v) is 11.4. The molecule has 0 saturated carbocycles. The molecule has 5 rings (SSSR count). The molecule has 0 spiro atoms. The molecule has 0 saturated heterocycles. The third-order valence-corrected chi connectivity index (χ3v) is 6.24. The number of nitrogens with zero attached hydrogens (tertiary/aromatic N) is 2. The Morgan fingerprint density at radius 1 is 1.03 bits per heavy atom. The van der Waals surface area contributed by atoms with E-state index in [0.29, 0.717) is 45.6 Å². The molecule has 0 fully saturated rings. The summed E-state index contributed by atoms with van der Waals surface area (Å²) in [5.41, 5.74) is 6.19. The lowest BCUT2D eigenvalue weighted by Gasteiger charge is -2.13. The minimum absolute atomic E-state index is 0.0341. The van der Waals surface area contributed by atoms with Gasteiger partial charge in [0.15, 0.2) is 28.2 Å². The second-order valence-corrected chi connectivity index (χ2v) is 8.49. The van der Waals surface area contributed by atoms with Gasteiger partial charge in [-0.1, -0.05) is 17.8 Å². The molecule has 2 aliphatic heterocycles. The second-order valence-electron chi connectivity index (χ2n) is 7.54. The van der Waals surface area contributed by atoms with Gasteiger partial charge in [-0.05, 0) is 23.8 Å². The normalized spacial score (nSPS) is 13.3. The van der Waals surface area contributed by atoms with Crippen LogP contribution in [0.4, 0.5) is 0 Å². The minimum atomic E-state index is -0.543. The standard InChI is InChI=1S/C22H20N4O7S/c23-19(27)9-34-22-25-14-7-18-17(32-11-33-18)6-13(14)21(29)26(22)4-3-20(28)24-8-12-1-2-15-16(5-12)31-10-30-15/h1-2,5-7H,3-4,8-11H2,(H2,23,27)(H,24,28). The van der Waals surface area contributed by atoms with Crippen molar-refractivity contribution in [1.29, 1.82) is 0 Å². The number of hydrogen-bond acceptors (Lipinski definition) is 9. The lowest BCUT2D eigenvalue weighted by atomic mass is 10.2. The van der Waals surface area contributed by atoms with Gasteiger partial charge in [0.2, 0.25) is 25.4 Å².